The number of halogens is 6. The number of aromatic nitrogens is 4. The molecule has 0 amide bonds. The molecule has 66 heavy (non-hydrogen) atoms. The van der Waals surface area contributed by atoms with E-state index in [-0.39, 0.29) is 11.4 Å². The fourth-order valence-electron chi connectivity index (χ4n) is 9.28. The van der Waals surface area contributed by atoms with Crippen LogP contribution >= 0.6 is 0 Å². The summed E-state index contributed by atoms with van der Waals surface area (Å²) in [6, 6.07) is 50.6. The average Bonchev–Trinajstić information content (AvgIpc) is 3.83. The maximum absolute atomic E-state index is 15.6. The quantitative estimate of drug-likeness (QED) is 0.135. The molecule has 10 aromatic rings. The zero-order valence-electron chi connectivity index (χ0n) is 35.3. The van der Waals surface area contributed by atoms with Crippen molar-refractivity contribution in [2.75, 3.05) is 0 Å². The van der Waals surface area contributed by atoms with Crippen LogP contribution in [-0.2, 0) is 5.41 Å². The van der Waals surface area contributed by atoms with E-state index < -0.39 is 28.9 Å². The van der Waals surface area contributed by atoms with E-state index >= 15 is 26.3 Å². The molecule has 0 N–H and O–H groups in total. The minimum Gasteiger partial charge on any atom is -0.309 e. The molecule has 0 bridgehead atoms. The molecule has 0 atom stereocenters. The Morgan fingerprint density at radius 3 is 1.50 bits per heavy atom. The second kappa shape index (κ2) is 16.2. The minimum absolute atomic E-state index is 0.149. The lowest BCUT2D eigenvalue weighted by Gasteiger charge is -2.38. The molecular formula is C56H38F6N4. The molecule has 7 aromatic carbocycles. The molecule has 0 aliphatic rings. The molecule has 0 saturated carbocycles. The van der Waals surface area contributed by atoms with E-state index in [4.69, 9.17) is 9.97 Å². The SMILES string of the molecule is C=Cc1c(/C=C\C)n(-c2ccc3c(c2)c2ccccc2n3-c2ccc(C(c3ccc(-c4nc(-c5ccccc5)cc(-c5ccccc5)n4)cc3)(C(F)(F)F)C(F)(F)F)cc2)c2ccccc12. The first kappa shape index (κ1) is 42.0. The number of hydrogen-bond donors (Lipinski definition) is 0. The van der Waals surface area contributed by atoms with Gasteiger partial charge in [-0.25, -0.2) is 9.97 Å². The largest absolute Gasteiger partial charge is 0.411 e. The number of nitrogens with zero attached hydrogens (tertiary/aromatic N) is 4. The van der Waals surface area contributed by atoms with Crippen molar-refractivity contribution in [3.63, 3.8) is 0 Å². The maximum Gasteiger partial charge on any atom is 0.411 e. The van der Waals surface area contributed by atoms with Crippen LogP contribution in [0.4, 0.5) is 26.3 Å². The first-order chi connectivity index (χ1) is 31.9. The van der Waals surface area contributed by atoms with Gasteiger partial charge in [0.1, 0.15) is 0 Å². The van der Waals surface area contributed by atoms with Crippen LogP contribution in [0, 0.1) is 0 Å². The minimum atomic E-state index is -5.79. The van der Waals surface area contributed by atoms with Gasteiger partial charge in [-0.3, -0.25) is 0 Å². The molecule has 4 nitrogen and oxygen atoms in total. The van der Waals surface area contributed by atoms with Gasteiger partial charge in [0.25, 0.3) is 0 Å². The molecule has 3 heterocycles. The molecule has 3 aromatic heterocycles. The predicted octanol–water partition coefficient (Wildman–Crippen LogP) is 15.6. The summed E-state index contributed by atoms with van der Waals surface area (Å²) in [6.07, 6.45) is -5.74. The molecule has 0 unspecified atom stereocenters. The van der Waals surface area contributed by atoms with Crippen LogP contribution in [0.15, 0.2) is 195 Å². The summed E-state index contributed by atoms with van der Waals surface area (Å²) in [6.45, 7) is 6.03. The third-order valence-electron chi connectivity index (χ3n) is 12.2. The lowest BCUT2D eigenvalue weighted by Crippen LogP contribution is -2.54. The molecule has 0 aliphatic heterocycles. The van der Waals surface area contributed by atoms with Crippen LogP contribution in [-0.4, -0.2) is 31.5 Å². The second-order valence-electron chi connectivity index (χ2n) is 16.0. The van der Waals surface area contributed by atoms with Crippen LogP contribution in [0.1, 0.15) is 29.3 Å². The van der Waals surface area contributed by atoms with Crippen LogP contribution in [0.3, 0.4) is 0 Å². The fourth-order valence-corrected chi connectivity index (χ4v) is 9.28. The summed E-state index contributed by atoms with van der Waals surface area (Å²) < 4.78 is 97.3. The van der Waals surface area contributed by atoms with E-state index in [1.165, 1.54) is 24.3 Å². The Morgan fingerprint density at radius 1 is 0.470 bits per heavy atom. The Morgan fingerprint density at radius 2 is 0.955 bits per heavy atom. The molecule has 10 heteroatoms. The van der Waals surface area contributed by atoms with E-state index in [1.807, 2.05) is 151 Å². The summed E-state index contributed by atoms with van der Waals surface area (Å²) in [7, 11) is 0. The molecule has 10 rings (SSSR count). The van der Waals surface area contributed by atoms with E-state index in [0.29, 0.717) is 17.1 Å². The second-order valence-corrected chi connectivity index (χ2v) is 16.0. The van der Waals surface area contributed by atoms with Crippen LogP contribution < -0.4 is 0 Å². The highest BCUT2D eigenvalue weighted by Gasteiger charge is 2.72. The smallest absolute Gasteiger partial charge is 0.309 e. The molecule has 0 aliphatic carbocycles. The van der Waals surface area contributed by atoms with Gasteiger partial charge in [-0.05, 0) is 72.7 Å². The van der Waals surface area contributed by atoms with Gasteiger partial charge in [0.2, 0.25) is 5.41 Å². The highest BCUT2D eigenvalue weighted by molar-refractivity contribution is 6.10. The van der Waals surface area contributed by atoms with Crippen molar-refractivity contribution in [3.05, 3.63) is 217 Å². The molecule has 324 valence electrons. The van der Waals surface area contributed by atoms with Crippen molar-refractivity contribution in [1.29, 1.82) is 0 Å². The van der Waals surface area contributed by atoms with Gasteiger partial charge in [-0.15, -0.1) is 0 Å². The van der Waals surface area contributed by atoms with Crippen LogP contribution in [0.25, 0.3) is 90.1 Å². The molecular weight excluding hydrogens is 843 g/mol. The summed E-state index contributed by atoms with van der Waals surface area (Å²) in [4.78, 5) is 9.41. The zero-order chi connectivity index (χ0) is 45.8. The number of allylic oxidation sites excluding steroid dienone is 1. The first-order valence-corrected chi connectivity index (χ1v) is 21.2. The average molecular weight is 881 g/mol. The number of benzene rings is 7. The van der Waals surface area contributed by atoms with E-state index in [9.17, 15) is 0 Å². The summed E-state index contributed by atoms with van der Waals surface area (Å²) in [5.41, 5.74) is 2.18. The Bertz CT molecular complexity index is 3380. The van der Waals surface area contributed by atoms with Crippen molar-refractivity contribution < 1.29 is 26.3 Å². The normalized spacial score (nSPS) is 12.5. The van der Waals surface area contributed by atoms with Gasteiger partial charge < -0.3 is 9.13 Å². The number of para-hydroxylation sites is 2. The van der Waals surface area contributed by atoms with Crippen LogP contribution in [0.5, 0.6) is 0 Å². The maximum atomic E-state index is 15.6. The van der Waals surface area contributed by atoms with Gasteiger partial charge in [-0.1, -0.05) is 152 Å². The lowest BCUT2D eigenvalue weighted by molar-refractivity contribution is -0.288. The van der Waals surface area contributed by atoms with Crippen molar-refractivity contribution >= 4 is 44.9 Å². The summed E-state index contributed by atoms with van der Waals surface area (Å²) >= 11 is 0. The van der Waals surface area contributed by atoms with E-state index in [0.717, 1.165) is 85.0 Å². The third-order valence-corrected chi connectivity index (χ3v) is 12.2. The zero-order valence-corrected chi connectivity index (χ0v) is 35.3. The van der Waals surface area contributed by atoms with Crippen molar-refractivity contribution in [1.82, 2.24) is 19.1 Å². The number of rotatable bonds is 9. The molecule has 0 radical (unpaired) electrons. The van der Waals surface area contributed by atoms with Crippen molar-refractivity contribution in [3.8, 4) is 45.3 Å². The lowest BCUT2D eigenvalue weighted by atomic mass is 9.72. The molecule has 0 fully saturated rings. The molecule has 0 spiro atoms. The number of alkyl halides is 6. The van der Waals surface area contributed by atoms with Crippen molar-refractivity contribution in [2.45, 2.75) is 24.7 Å². The standard InChI is InChI=1S/C56H38F6N4/c1-3-15-49-43(4-2)44-20-11-13-22-50(44)66(49)42-32-33-52-46(34-42)45-21-12-14-23-51(45)65(52)41-30-28-40(29-31-41)54(55(57,58)59,56(60,61)62)39-26-24-38(25-27-39)53-63-47(36-16-7-5-8-17-36)35-48(64-53)37-18-9-6-10-19-37/h3-35H,2H2,1H3/b15-3-. The number of fused-ring (bicyclic) bond motifs is 4. The topological polar surface area (TPSA) is 35.6 Å². The Balaban J connectivity index is 1.08. The van der Waals surface area contributed by atoms with Gasteiger partial charge in [-0.2, -0.15) is 26.3 Å². The molecule has 0 saturated heterocycles. The van der Waals surface area contributed by atoms with Gasteiger partial charge >= 0.3 is 12.4 Å². The Hall–Kier alpha value is -7.98. The Labute approximate surface area is 376 Å². The first-order valence-electron chi connectivity index (χ1n) is 21.2. The van der Waals surface area contributed by atoms with Crippen molar-refractivity contribution in [2.24, 2.45) is 0 Å². The van der Waals surface area contributed by atoms with E-state index in [2.05, 4.69) is 17.2 Å². The fraction of sp³-hybridized carbons (Fsp3) is 0.0714. The summed E-state index contributed by atoms with van der Waals surface area (Å²) in [5.74, 6) is 0.149. The van der Waals surface area contributed by atoms with Crippen LogP contribution in [0.2, 0.25) is 0 Å². The Kier molecular flexibility index (Phi) is 10.3. The predicted molar refractivity (Wildman–Crippen MR) is 254 cm³/mol. The van der Waals surface area contributed by atoms with Gasteiger partial charge in [0, 0.05) is 49.8 Å². The third kappa shape index (κ3) is 6.79. The highest BCUT2D eigenvalue weighted by Crippen LogP contribution is 2.56. The monoisotopic (exact) mass is 880 g/mol. The van der Waals surface area contributed by atoms with E-state index in [1.54, 1.807) is 6.07 Å². The highest BCUT2D eigenvalue weighted by atomic mass is 19.4. The summed E-state index contributed by atoms with van der Waals surface area (Å²) in [5, 5.41) is 2.75. The number of hydrogen-bond acceptors (Lipinski definition) is 2. The van der Waals surface area contributed by atoms with Gasteiger partial charge in [0.05, 0.1) is 33.6 Å². The van der Waals surface area contributed by atoms with Gasteiger partial charge in [0.15, 0.2) is 5.82 Å².